The van der Waals surface area contributed by atoms with Crippen LogP contribution >= 0.6 is 0 Å². The van der Waals surface area contributed by atoms with Crippen LogP contribution in [0.5, 0.6) is 0 Å². The van der Waals surface area contributed by atoms with Crippen LogP contribution in [0.15, 0.2) is 17.1 Å². The number of nitrogens with two attached hydrogens (primary N) is 1. The highest BCUT2D eigenvalue weighted by molar-refractivity contribution is 5.83. The van der Waals surface area contributed by atoms with Gasteiger partial charge in [-0.1, -0.05) is 44.8 Å². The summed E-state index contributed by atoms with van der Waals surface area (Å²) in [7, 11) is 0. The van der Waals surface area contributed by atoms with E-state index >= 15 is 0 Å². The molecule has 0 saturated carbocycles. The first-order valence-corrected chi connectivity index (χ1v) is 8.96. The second-order valence-corrected chi connectivity index (χ2v) is 6.15. The lowest BCUT2D eigenvalue weighted by molar-refractivity contribution is 0.359. The number of hydrogen-bond donors (Lipinski definition) is 1. The summed E-state index contributed by atoms with van der Waals surface area (Å²) in [6.07, 6.45) is 17.8. The lowest BCUT2D eigenvalue weighted by atomic mass is 10.1. The van der Waals surface area contributed by atoms with Gasteiger partial charge in [-0.05, 0) is 39.0 Å². The van der Waals surface area contributed by atoms with Gasteiger partial charge in [0.15, 0.2) is 0 Å². The molecular weight excluding hydrogens is 258 g/mol. The Morgan fingerprint density at radius 1 is 1.10 bits per heavy atom. The first kappa shape index (κ1) is 18.2. The van der Waals surface area contributed by atoms with Gasteiger partial charge < -0.3 is 10.6 Å². The van der Waals surface area contributed by atoms with E-state index in [9.17, 15) is 0 Å². The predicted octanol–water partition coefficient (Wildman–Crippen LogP) is 4.48. The van der Waals surface area contributed by atoms with E-state index in [2.05, 4.69) is 29.0 Å². The highest BCUT2D eigenvalue weighted by atomic mass is 15.3. The molecule has 0 amide bonds. The van der Waals surface area contributed by atoms with E-state index in [0.29, 0.717) is 0 Å². The summed E-state index contributed by atoms with van der Waals surface area (Å²) in [5, 5.41) is 0. The van der Waals surface area contributed by atoms with Crippen LogP contribution in [0, 0.1) is 0 Å². The fraction of sp³-hybridized carbons (Fsp3) is 0.833. The number of rotatable bonds is 12. The van der Waals surface area contributed by atoms with Gasteiger partial charge in [0.05, 0.1) is 12.7 Å². The molecule has 1 atom stereocenters. The number of hydrogen-bond acceptors (Lipinski definition) is 3. The van der Waals surface area contributed by atoms with Gasteiger partial charge in [-0.25, -0.2) is 0 Å². The Morgan fingerprint density at radius 2 is 1.76 bits per heavy atom. The van der Waals surface area contributed by atoms with E-state index < -0.39 is 0 Å². The van der Waals surface area contributed by atoms with Gasteiger partial charge >= 0.3 is 0 Å². The van der Waals surface area contributed by atoms with Gasteiger partial charge in [-0.3, -0.25) is 4.99 Å². The Morgan fingerprint density at radius 3 is 2.38 bits per heavy atom. The summed E-state index contributed by atoms with van der Waals surface area (Å²) < 4.78 is 0. The fourth-order valence-corrected chi connectivity index (χ4v) is 2.81. The first-order valence-electron chi connectivity index (χ1n) is 8.96. The van der Waals surface area contributed by atoms with Crippen LogP contribution in [0.25, 0.3) is 0 Å². The number of amidine groups is 1. The Bertz CT molecular complexity index is 308. The maximum absolute atomic E-state index is 5.95. The van der Waals surface area contributed by atoms with Gasteiger partial charge in [-0.15, -0.1) is 0 Å². The summed E-state index contributed by atoms with van der Waals surface area (Å²) in [5.74, 6) is 1.23. The average Bonchev–Trinajstić information content (AvgIpc) is 2.93. The summed E-state index contributed by atoms with van der Waals surface area (Å²) >= 11 is 0. The molecule has 1 aliphatic heterocycles. The van der Waals surface area contributed by atoms with Crippen molar-refractivity contribution in [1.82, 2.24) is 4.90 Å². The molecule has 0 aromatic carbocycles. The van der Waals surface area contributed by atoms with E-state index in [4.69, 9.17) is 5.73 Å². The minimum atomic E-state index is 0.113. The maximum Gasteiger partial charge on any atom is 0.100 e. The average molecular weight is 293 g/mol. The molecule has 0 aromatic rings. The van der Waals surface area contributed by atoms with E-state index in [0.717, 1.165) is 19.5 Å². The van der Waals surface area contributed by atoms with E-state index in [-0.39, 0.29) is 6.17 Å². The van der Waals surface area contributed by atoms with Crippen LogP contribution in [0.2, 0.25) is 0 Å². The summed E-state index contributed by atoms with van der Waals surface area (Å²) in [6, 6.07) is 0. The number of aliphatic imine (C=N–C) groups is 1. The minimum absolute atomic E-state index is 0.113. The quantitative estimate of drug-likeness (QED) is 0.426. The van der Waals surface area contributed by atoms with Crippen LogP contribution in [-0.4, -0.2) is 30.0 Å². The molecule has 0 spiro atoms. The predicted molar refractivity (Wildman–Crippen MR) is 93.6 cm³/mol. The molecule has 0 bridgehead atoms. The van der Waals surface area contributed by atoms with Crippen molar-refractivity contribution in [2.24, 2.45) is 10.7 Å². The van der Waals surface area contributed by atoms with Gasteiger partial charge in [0.25, 0.3) is 0 Å². The molecule has 3 nitrogen and oxygen atoms in total. The highest BCUT2D eigenvalue weighted by Gasteiger charge is 2.18. The number of unbranched alkanes of at least 4 members (excludes halogenated alkanes) is 7. The zero-order valence-electron chi connectivity index (χ0n) is 14.2. The highest BCUT2D eigenvalue weighted by Crippen LogP contribution is 2.12. The summed E-state index contributed by atoms with van der Waals surface area (Å²) in [5.41, 5.74) is 5.95. The van der Waals surface area contributed by atoms with Crippen molar-refractivity contribution >= 4 is 5.84 Å². The van der Waals surface area contributed by atoms with Crippen molar-refractivity contribution < 1.29 is 0 Å². The van der Waals surface area contributed by atoms with Gasteiger partial charge in [0, 0.05) is 13.0 Å². The zero-order valence-corrected chi connectivity index (χ0v) is 14.2. The molecule has 0 fully saturated rings. The van der Waals surface area contributed by atoms with Crippen molar-refractivity contribution in [3.8, 4) is 0 Å². The summed E-state index contributed by atoms with van der Waals surface area (Å²) in [4.78, 5) is 6.82. The Kier molecular flexibility index (Phi) is 10.2. The molecule has 0 aromatic heterocycles. The van der Waals surface area contributed by atoms with E-state index in [1.807, 2.05) is 6.92 Å². The molecule has 0 saturated heterocycles. The molecule has 1 aliphatic rings. The second-order valence-electron chi connectivity index (χ2n) is 6.15. The van der Waals surface area contributed by atoms with Crippen molar-refractivity contribution in [3.63, 3.8) is 0 Å². The van der Waals surface area contributed by atoms with Crippen LogP contribution in [0.1, 0.15) is 78.1 Å². The maximum atomic E-state index is 5.95. The molecule has 1 rings (SSSR count). The van der Waals surface area contributed by atoms with E-state index in [1.165, 1.54) is 63.6 Å². The number of nitrogens with zero attached hydrogens (tertiary/aromatic N) is 2. The third kappa shape index (κ3) is 8.25. The van der Waals surface area contributed by atoms with Crippen molar-refractivity contribution in [1.29, 1.82) is 0 Å². The lowest BCUT2D eigenvalue weighted by Gasteiger charge is -2.24. The topological polar surface area (TPSA) is 41.6 Å². The minimum Gasteiger partial charge on any atom is -0.343 e. The third-order valence-electron chi connectivity index (χ3n) is 4.12. The standard InChI is InChI=1S/C18H35N3/c1-3-4-5-6-7-8-9-10-11-12-13-14-18-20-15-16-21(18)17(2)19/h8-9,17H,3-7,10-16,19H2,1-2H3/b9-8+. The molecule has 1 heterocycles. The molecule has 0 radical (unpaired) electrons. The van der Waals surface area contributed by atoms with Crippen molar-refractivity contribution in [3.05, 3.63) is 12.2 Å². The van der Waals surface area contributed by atoms with E-state index in [1.54, 1.807) is 0 Å². The van der Waals surface area contributed by atoms with Crippen molar-refractivity contribution in [2.45, 2.75) is 84.2 Å². The molecular formula is C18H35N3. The Labute approximate surface area is 131 Å². The van der Waals surface area contributed by atoms with Crippen LogP contribution in [0.3, 0.4) is 0 Å². The smallest absolute Gasteiger partial charge is 0.100 e. The second kappa shape index (κ2) is 11.8. The molecule has 0 aliphatic carbocycles. The largest absolute Gasteiger partial charge is 0.343 e. The monoisotopic (exact) mass is 293 g/mol. The molecule has 122 valence electrons. The zero-order chi connectivity index (χ0) is 15.3. The normalized spacial score (nSPS) is 16.7. The number of allylic oxidation sites excluding steroid dienone is 2. The molecule has 3 heteroatoms. The SMILES string of the molecule is CCCCCC/C=C/CCCCCC1=NCCN1C(C)N. The lowest BCUT2D eigenvalue weighted by Crippen LogP contribution is -2.41. The van der Waals surface area contributed by atoms with Crippen LogP contribution in [0.4, 0.5) is 0 Å². The Balaban J connectivity index is 1.94. The molecule has 21 heavy (non-hydrogen) atoms. The van der Waals surface area contributed by atoms with Gasteiger partial charge in [0.2, 0.25) is 0 Å². The van der Waals surface area contributed by atoms with Crippen LogP contribution in [-0.2, 0) is 0 Å². The van der Waals surface area contributed by atoms with Crippen LogP contribution < -0.4 is 5.73 Å². The molecule has 1 unspecified atom stereocenters. The third-order valence-corrected chi connectivity index (χ3v) is 4.12. The van der Waals surface area contributed by atoms with Gasteiger partial charge in [0.1, 0.15) is 5.84 Å². The summed E-state index contributed by atoms with van der Waals surface area (Å²) in [6.45, 7) is 6.25. The van der Waals surface area contributed by atoms with Crippen molar-refractivity contribution in [2.75, 3.05) is 13.1 Å². The molecule has 2 N–H and O–H groups in total. The fourth-order valence-electron chi connectivity index (χ4n) is 2.81. The van der Waals surface area contributed by atoms with Gasteiger partial charge in [-0.2, -0.15) is 0 Å². The first-order chi connectivity index (χ1) is 10.3. The Hall–Kier alpha value is -0.830.